The fourth-order valence-electron chi connectivity index (χ4n) is 3.79. The number of hydrogen-bond donors (Lipinski definition) is 1. The minimum atomic E-state index is 0.663. The van der Waals surface area contributed by atoms with E-state index in [0.29, 0.717) is 5.92 Å². The molecule has 1 aliphatic rings. The summed E-state index contributed by atoms with van der Waals surface area (Å²) < 4.78 is 1.74. The zero-order chi connectivity index (χ0) is 17.8. The quantitative estimate of drug-likeness (QED) is 0.741. The number of nitrogens with one attached hydrogen (secondary N) is 1. The van der Waals surface area contributed by atoms with Crippen LogP contribution in [0.2, 0.25) is 0 Å². The van der Waals surface area contributed by atoms with Crippen molar-refractivity contribution in [2.75, 3.05) is 31.5 Å². The van der Waals surface area contributed by atoms with Gasteiger partial charge in [-0.15, -0.1) is 10.2 Å². The van der Waals surface area contributed by atoms with Gasteiger partial charge in [-0.2, -0.15) is 9.61 Å². The highest BCUT2D eigenvalue weighted by Gasteiger charge is 2.20. The lowest BCUT2D eigenvalue weighted by Crippen LogP contribution is -2.39. The molecular weight excluding hydrogens is 324 g/mol. The van der Waals surface area contributed by atoms with E-state index in [2.05, 4.69) is 61.9 Å². The molecule has 0 spiro atoms. The Kier molecular flexibility index (Phi) is 5.11. The number of aromatic nitrogens is 4. The van der Waals surface area contributed by atoms with Crippen molar-refractivity contribution in [2.24, 2.45) is 5.92 Å². The van der Waals surface area contributed by atoms with Crippen molar-refractivity contribution >= 4 is 11.3 Å². The highest BCUT2D eigenvalue weighted by atomic mass is 15.3. The molecule has 0 aliphatic carbocycles. The van der Waals surface area contributed by atoms with Gasteiger partial charge in [0.05, 0.1) is 11.4 Å². The second-order valence-electron chi connectivity index (χ2n) is 7.22. The third kappa shape index (κ3) is 4.02. The molecule has 1 unspecified atom stereocenters. The molecule has 4 rings (SSSR count). The molecule has 136 valence electrons. The number of anilines is 1. The Morgan fingerprint density at radius 2 is 2.12 bits per heavy atom. The van der Waals surface area contributed by atoms with E-state index >= 15 is 0 Å². The van der Waals surface area contributed by atoms with Gasteiger partial charge in [0.15, 0.2) is 0 Å². The molecule has 26 heavy (non-hydrogen) atoms. The first-order valence-corrected chi connectivity index (χ1v) is 9.46. The van der Waals surface area contributed by atoms with Crippen LogP contribution in [0.1, 0.15) is 24.1 Å². The Morgan fingerprint density at radius 3 is 3.00 bits per heavy atom. The summed E-state index contributed by atoms with van der Waals surface area (Å²) in [6, 6.07) is 12.8. The van der Waals surface area contributed by atoms with Gasteiger partial charge in [0.25, 0.3) is 0 Å². The molecule has 1 aromatic carbocycles. The molecule has 3 aromatic rings. The first-order valence-electron chi connectivity index (χ1n) is 9.46. The second-order valence-corrected chi connectivity index (χ2v) is 7.22. The summed E-state index contributed by atoms with van der Waals surface area (Å²) in [6.07, 6.45) is 5.34. The van der Waals surface area contributed by atoms with Crippen molar-refractivity contribution in [2.45, 2.75) is 26.2 Å². The summed E-state index contributed by atoms with van der Waals surface area (Å²) in [4.78, 5) is 2.60. The lowest BCUT2D eigenvalue weighted by Gasteiger charge is -2.33. The van der Waals surface area contributed by atoms with Gasteiger partial charge < -0.3 is 10.2 Å². The number of likely N-dealkylation sites (tertiary alicyclic amines) is 1. The smallest absolute Gasteiger partial charge is 0.200 e. The van der Waals surface area contributed by atoms with Gasteiger partial charge in [-0.25, -0.2) is 0 Å². The summed E-state index contributed by atoms with van der Waals surface area (Å²) in [5.74, 6) is 0.663. The van der Waals surface area contributed by atoms with Crippen molar-refractivity contribution in [1.29, 1.82) is 0 Å². The van der Waals surface area contributed by atoms with E-state index in [0.717, 1.165) is 43.1 Å². The SMILES string of the molecule is Cc1cc(NCC2CCCN(CCc3ccccc3)C2)c2nncn2n1. The predicted molar refractivity (Wildman–Crippen MR) is 103 cm³/mol. The van der Waals surface area contributed by atoms with Crippen LogP contribution < -0.4 is 5.32 Å². The first-order chi connectivity index (χ1) is 12.8. The zero-order valence-electron chi connectivity index (χ0n) is 15.3. The van der Waals surface area contributed by atoms with Crippen LogP contribution in [-0.2, 0) is 6.42 Å². The number of rotatable bonds is 6. The molecule has 0 saturated carbocycles. The van der Waals surface area contributed by atoms with Crippen LogP contribution in [0.4, 0.5) is 5.69 Å². The van der Waals surface area contributed by atoms with E-state index in [9.17, 15) is 0 Å². The van der Waals surface area contributed by atoms with Gasteiger partial charge in [0.2, 0.25) is 5.65 Å². The Morgan fingerprint density at radius 1 is 1.23 bits per heavy atom. The van der Waals surface area contributed by atoms with Gasteiger partial charge in [-0.05, 0) is 50.3 Å². The lowest BCUT2D eigenvalue weighted by atomic mass is 9.97. The third-order valence-electron chi connectivity index (χ3n) is 5.13. The van der Waals surface area contributed by atoms with Gasteiger partial charge >= 0.3 is 0 Å². The molecule has 1 aliphatic heterocycles. The number of fused-ring (bicyclic) bond motifs is 1. The molecule has 0 amide bonds. The first kappa shape index (κ1) is 17.0. The van der Waals surface area contributed by atoms with Gasteiger partial charge in [-0.3, -0.25) is 0 Å². The van der Waals surface area contributed by atoms with E-state index in [1.165, 1.54) is 24.9 Å². The number of hydrogen-bond acceptors (Lipinski definition) is 5. The van der Waals surface area contributed by atoms with Crippen LogP contribution >= 0.6 is 0 Å². The summed E-state index contributed by atoms with van der Waals surface area (Å²) in [6.45, 7) is 6.48. The molecule has 3 heterocycles. The second kappa shape index (κ2) is 7.83. The fourth-order valence-corrected chi connectivity index (χ4v) is 3.79. The third-order valence-corrected chi connectivity index (χ3v) is 5.13. The van der Waals surface area contributed by atoms with Crippen LogP contribution in [0, 0.1) is 12.8 Å². The van der Waals surface area contributed by atoms with Crippen LogP contribution in [0.5, 0.6) is 0 Å². The monoisotopic (exact) mass is 350 g/mol. The highest BCUT2D eigenvalue weighted by Crippen LogP contribution is 2.20. The minimum absolute atomic E-state index is 0.663. The number of benzene rings is 1. The largest absolute Gasteiger partial charge is 0.382 e. The lowest BCUT2D eigenvalue weighted by molar-refractivity contribution is 0.182. The predicted octanol–water partition coefficient (Wildman–Crippen LogP) is 2.80. The molecule has 2 aromatic heterocycles. The van der Waals surface area contributed by atoms with Crippen molar-refractivity contribution in [3.63, 3.8) is 0 Å². The van der Waals surface area contributed by atoms with Gasteiger partial charge in [0, 0.05) is 19.6 Å². The molecule has 1 atom stereocenters. The maximum Gasteiger partial charge on any atom is 0.200 e. The Balaban J connectivity index is 1.32. The average molecular weight is 350 g/mol. The Hall–Kier alpha value is -2.47. The van der Waals surface area contributed by atoms with E-state index in [-0.39, 0.29) is 0 Å². The molecular formula is C20H26N6. The number of piperidine rings is 1. The standard InChI is InChI=1S/C20H26N6/c1-16-12-19(20-23-22-15-26(20)24-16)21-13-18-8-5-10-25(14-18)11-9-17-6-3-2-4-7-17/h2-4,6-7,12,15,18,21H,5,8-11,13-14H2,1H3. The maximum atomic E-state index is 4.40. The van der Waals surface area contributed by atoms with Crippen LogP contribution in [0.3, 0.4) is 0 Å². The molecule has 0 radical (unpaired) electrons. The van der Waals surface area contributed by atoms with E-state index in [4.69, 9.17) is 0 Å². The maximum absolute atomic E-state index is 4.40. The molecule has 6 heteroatoms. The van der Waals surface area contributed by atoms with Crippen molar-refractivity contribution in [1.82, 2.24) is 24.7 Å². The molecule has 0 bridgehead atoms. The molecule has 1 fully saturated rings. The number of aryl methyl sites for hydroxylation is 1. The summed E-state index contributed by atoms with van der Waals surface area (Å²) in [7, 11) is 0. The summed E-state index contributed by atoms with van der Waals surface area (Å²) in [5.41, 5.74) is 4.21. The van der Waals surface area contributed by atoms with Gasteiger partial charge in [-0.1, -0.05) is 30.3 Å². The summed E-state index contributed by atoms with van der Waals surface area (Å²) >= 11 is 0. The van der Waals surface area contributed by atoms with Crippen LogP contribution in [0.15, 0.2) is 42.7 Å². The van der Waals surface area contributed by atoms with Gasteiger partial charge in [0.1, 0.15) is 6.33 Å². The Bertz CT molecular complexity index is 844. The minimum Gasteiger partial charge on any atom is -0.382 e. The number of nitrogens with zero attached hydrogens (tertiary/aromatic N) is 5. The van der Waals surface area contributed by atoms with E-state index in [1.54, 1.807) is 10.8 Å². The van der Waals surface area contributed by atoms with Crippen molar-refractivity contribution in [3.8, 4) is 0 Å². The normalized spacial score (nSPS) is 18.3. The van der Waals surface area contributed by atoms with Crippen LogP contribution in [-0.4, -0.2) is 50.9 Å². The van der Waals surface area contributed by atoms with Crippen LogP contribution in [0.25, 0.3) is 5.65 Å². The Labute approximate surface area is 154 Å². The highest BCUT2D eigenvalue weighted by molar-refractivity contribution is 5.66. The summed E-state index contributed by atoms with van der Waals surface area (Å²) in [5, 5.41) is 16.1. The fraction of sp³-hybridized carbons (Fsp3) is 0.450. The van der Waals surface area contributed by atoms with Crippen molar-refractivity contribution in [3.05, 3.63) is 54.0 Å². The molecule has 1 saturated heterocycles. The zero-order valence-corrected chi connectivity index (χ0v) is 15.3. The van der Waals surface area contributed by atoms with E-state index < -0.39 is 0 Å². The average Bonchev–Trinajstić information content (AvgIpc) is 3.14. The topological polar surface area (TPSA) is 58.3 Å². The molecule has 6 nitrogen and oxygen atoms in total. The molecule has 1 N–H and O–H groups in total. The van der Waals surface area contributed by atoms with Crippen molar-refractivity contribution < 1.29 is 0 Å². The van der Waals surface area contributed by atoms with E-state index in [1.807, 2.05) is 6.92 Å².